The molecule has 0 radical (unpaired) electrons. The zero-order chi connectivity index (χ0) is 15.7. The summed E-state index contributed by atoms with van der Waals surface area (Å²) in [7, 11) is 0. The first-order chi connectivity index (χ1) is 10.4. The first-order valence-corrected chi connectivity index (χ1v) is 6.44. The molecule has 0 amide bonds. The summed E-state index contributed by atoms with van der Waals surface area (Å²) in [5.74, 6) is 0.583. The Morgan fingerprint density at radius 3 is 2.55 bits per heavy atom. The Labute approximate surface area is 123 Å². The van der Waals surface area contributed by atoms with E-state index in [9.17, 15) is 18.3 Å². The zero-order valence-electron chi connectivity index (χ0n) is 11.2. The number of phenolic OH excluding ortho intramolecular Hbond substituents is 1. The van der Waals surface area contributed by atoms with Gasteiger partial charge in [-0.3, -0.25) is 0 Å². The van der Waals surface area contributed by atoms with Crippen molar-refractivity contribution in [3.8, 4) is 11.5 Å². The molecule has 22 heavy (non-hydrogen) atoms. The van der Waals surface area contributed by atoms with Crippen LogP contribution in [-0.2, 0) is 12.8 Å². The second-order valence-electron chi connectivity index (χ2n) is 4.72. The van der Waals surface area contributed by atoms with Gasteiger partial charge in [0.1, 0.15) is 29.4 Å². The summed E-state index contributed by atoms with van der Waals surface area (Å²) in [4.78, 5) is 0. The lowest BCUT2D eigenvalue weighted by molar-refractivity contribution is -0.137. The van der Waals surface area contributed by atoms with Crippen molar-refractivity contribution in [1.82, 2.24) is 0 Å². The van der Waals surface area contributed by atoms with E-state index >= 15 is 0 Å². The third-order valence-corrected chi connectivity index (χ3v) is 3.13. The molecule has 0 bridgehead atoms. The molecule has 0 aliphatic carbocycles. The predicted octanol–water partition coefficient (Wildman–Crippen LogP) is 4.74. The second-order valence-corrected chi connectivity index (χ2v) is 4.72. The fraction of sp³-hybridized carbons (Fsp3) is 0.125. The van der Waals surface area contributed by atoms with Gasteiger partial charge in [0.05, 0.1) is 10.9 Å². The van der Waals surface area contributed by atoms with Crippen molar-refractivity contribution in [1.29, 1.82) is 0 Å². The Morgan fingerprint density at radius 1 is 1.05 bits per heavy atom. The fourth-order valence-corrected chi connectivity index (χ4v) is 2.09. The maximum absolute atomic E-state index is 12.6. The highest BCUT2D eigenvalue weighted by Gasteiger charge is 2.30. The molecule has 114 valence electrons. The molecule has 0 atom stereocenters. The van der Waals surface area contributed by atoms with E-state index in [0.717, 1.165) is 12.1 Å². The molecule has 0 unspecified atom stereocenters. The Bertz CT molecular complexity index is 806. The number of furan rings is 1. The van der Waals surface area contributed by atoms with Gasteiger partial charge in [0.25, 0.3) is 0 Å². The highest BCUT2D eigenvalue weighted by molar-refractivity contribution is 5.84. The van der Waals surface area contributed by atoms with Crippen LogP contribution in [0.4, 0.5) is 13.2 Å². The van der Waals surface area contributed by atoms with E-state index in [1.807, 2.05) is 0 Å². The molecule has 0 aliphatic rings. The SMILES string of the molecule is Oc1cccc2oc(COc3cccc(C(F)(F)F)c3)cc12. The molecule has 0 fully saturated rings. The number of benzene rings is 2. The highest BCUT2D eigenvalue weighted by atomic mass is 19.4. The fourth-order valence-electron chi connectivity index (χ4n) is 2.09. The predicted molar refractivity (Wildman–Crippen MR) is 73.7 cm³/mol. The first kappa shape index (κ1) is 14.3. The molecule has 0 saturated heterocycles. The van der Waals surface area contributed by atoms with Gasteiger partial charge in [-0.25, -0.2) is 0 Å². The van der Waals surface area contributed by atoms with Gasteiger partial charge in [0.2, 0.25) is 0 Å². The molecule has 3 rings (SSSR count). The summed E-state index contributed by atoms with van der Waals surface area (Å²) in [6.07, 6.45) is -4.41. The number of hydrogen-bond acceptors (Lipinski definition) is 3. The topological polar surface area (TPSA) is 42.6 Å². The monoisotopic (exact) mass is 308 g/mol. The Kier molecular flexibility index (Phi) is 3.44. The molecule has 0 saturated carbocycles. The van der Waals surface area contributed by atoms with Crippen molar-refractivity contribution in [2.45, 2.75) is 12.8 Å². The lowest BCUT2D eigenvalue weighted by Crippen LogP contribution is -2.05. The normalized spacial score (nSPS) is 11.8. The van der Waals surface area contributed by atoms with Gasteiger partial charge < -0.3 is 14.3 Å². The Morgan fingerprint density at radius 2 is 1.82 bits per heavy atom. The minimum Gasteiger partial charge on any atom is -0.507 e. The van der Waals surface area contributed by atoms with Gasteiger partial charge >= 0.3 is 6.18 Å². The highest BCUT2D eigenvalue weighted by Crippen LogP contribution is 2.32. The van der Waals surface area contributed by atoms with E-state index < -0.39 is 11.7 Å². The third-order valence-electron chi connectivity index (χ3n) is 3.13. The zero-order valence-corrected chi connectivity index (χ0v) is 11.2. The van der Waals surface area contributed by atoms with Crippen molar-refractivity contribution < 1.29 is 27.4 Å². The molecule has 1 N–H and O–H groups in total. The van der Waals surface area contributed by atoms with Gasteiger partial charge in [0.15, 0.2) is 0 Å². The minimum atomic E-state index is -4.41. The van der Waals surface area contributed by atoms with Crippen molar-refractivity contribution in [3.05, 3.63) is 59.9 Å². The second kappa shape index (κ2) is 5.29. The molecule has 3 aromatic rings. The summed E-state index contributed by atoms with van der Waals surface area (Å²) < 4.78 is 48.6. The van der Waals surface area contributed by atoms with Crippen LogP contribution in [0.25, 0.3) is 11.0 Å². The largest absolute Gasteiger partial charge is 0.507 e. The lowest BCUT2D eigenvalue weighted by Gasteiger charge is -2.09. The molecule has 1 heterocycles. The third kappa shape index (κ3) is 2.86. The average Bonchev–Trinajstić information content (AvgIpc) is 2.89. The van der Waals surface area contributed by atoms with Gasteiger partial charge in [-0.15, -0.1) is 0 Å². The van der Waals surface area contributed by atoms with Crippen LogP contribution >= 0.6 is 0 Å². The number of halogens is 3. The van der Waals surface area contributed by atoms with Gasteiger partial charge in [-0.1, -0.05) is 12.1 Å². The van der Waals surface area contributed by atoms with E-state index in [1.54, 1.807) is 18.2 Å². The molecule has 0 spiro atoms. The molecule has 1 aromatic heterocycles. The van der Waals surface area contributed by atoms with Crippen LogP contribution in [0, 0.1) is 0 Å². The number of alkyl halides is 3. The van der Waals surface area contributed by atoms with E-state index in [4.69, 9.17) is 9.15 Å². The summed E-state index contributed by atoms with van der Waals surface area (Å²) in [6, 6.07) is 11.1. The number of ether oxygens (including phenoxy) is 1. The summed E-state index contributed by atoms with van der Waals surface area (Å²) in [5.41, 5.74) is -0.283. The maximum Gasteiger partial charge on any atom is 0.416 e. The first-order valence-electron chi connectivity index (χ1n) is 6.44. The van der Waals surface area contributed by atoms with Crippen LogP contribution in [0.5, 0.6) is 11.5 Å². The standard InChI is InChI=1S/C16H11F3O3/c17-16(18,19)10-3-1-4-11(7-10)21-9-12-8-13-14(20)5-2-6-15(13)22-12/h1-8,20H,9H2. The average molecular weight is 308 g/mol. The van der Waals surface area contributed by atoms with E-state index in [1.165, 1.54) is 18.2 Å². The number of fused-ring (bicyclic) bond motifs is 1. The van der Waals surface area contributed by atoms with E-state index in [0.29, 0.717) is 16.7 Å². The number of aromatic hydroxyl groups is 1. The van der Waals surface area contributed by atoms with Crippen LogP contribution in [0.15, 0.2) is 52.9 Å². The molecule has 0 aliphatic heterocycles. The van der Waals surface area contributed by atoms with Crippen molar-refractivity contribution in [2.75, 3.05) is 0 Å². The molecular formula is C16H11F3O3. The van der Waals surface area contributed by atoms with Crippen LogP contribution in [-0.4, -0.2) is 5.11 Å². The summed E-state index contributed by atoms with van der Waals surface area (Å²) >= 11 is 0. The van der Waals surface area contributed by atoms with E-state index in [-0.39, 0.29) is 18.1 Å². The van der Waals surface area contributed by atoms with Gasteiger partial charge in [-0.2, -0.15) is 13.2 Å². The smallest absolute Gasteiger partial charge is 0.416 e. The summed E-state index contributed by atoms with van der Waals surface area (Å²) in [6.45, 7) is -0.0323. The van der Waals surface area contributed by atoms with Crippen molar-refractivity contribution in [2.24, 2.45) is 0 Å². The summed E-state index contributed by atoms with van der Waals surface area (Å²) in [5, 5.41) is 10.2. The molecular weight excluding hydrogens is 297 g/mol. The maximum atomic E-state index is 12.6. The number of hydrogen-bond donors (Lipinski definition) is 1. The molecule has 2 aromatic carbocycles. The van der Waals surface area contributed by atoms with Gasteiger partial charge in [-0.05, 0) is 36.4 Å². The van der Waals surface area contributed by atoms with Crippen LogP contribution in [0.2, 0.25) is 0 Å². The lowest BCUT2D eigenvalue weighted by atomic mass is 10.2. The van der Waals surface area contributed by atoms with Gasteiger partial charge in [0, 0.05) is 0 Å². The Hall–Kier alpha value is -2.63. The number of rotatable bonds is 3. The van der Waals surface area contributed by atoms with Crippen molar-refractivity contribution in [3.63, 3.8) is 0 Å². The van der Waals surface area contributed by atoms with Crippen LogP contribution < -0.4 is 4.74 Å². The quantitative estimate of drug-likeness (QED) is 0.760. The molecule has 3 nitrogen and oxygen atoms in total. The van der Waals surface area contributed by atoms with E-state index in [2.05, 4.69) is 0 Å². The number of phenols is 1. The molecule has 6 heteroatoms. The van der Waals surface area contributed by atoms with Crippen molar-refractivity contribution >= 4 is 11.0 Å². The Balaban J connectivity index is 1.78. The minimum absolute atomic E-state index is 0.0323. The van der Waals surface area contributed by atoms with Crippen LogP contribution in [0.3, 0.4) is 0 Å². The van der Waals surface area contributed by atoms with Crippen LogP contribution in [0.1, 0.15) is 11.3 Å².